The Kier molecular flexibility index (Phi) is 4.11. The number of hydrogen-bond acceptors (Lipinski definition) is 4. The zero-order valence-corrected chi connectivity index (χ0v) is 11.9. The summed E-state index contributed by atoms with van der Waals surface area (Å²) in [7, 11) is 1.91. The SMILES string of the molecule is Cc1cc(C(N)=S)cc(NCCc2cnn(C)c2)n1. The number of anilines is 1. The van der Waals surface area contributed by atoms with Gasteiger partial charge in [0.1, 0.15) is 10.8 Å². The number of aromatic nitrogens is 3. The Morgan fingerprint density at radius 3 is 2.89 bits per heavy atom. The normalized spacial score (nSPS) is 10.4. The Labute approximate surface area is 117 Å². The van der Waals surface area contributed by atoms with E-state index in [1.165, 1.54) is 5.56 Å². The van der Waals surface area contributed by atoms with Gasteiger partial charge in [-0.05, 0) is 31.0 Å². The van der Waals surface area contributed by atoms with E-state index in [1.807, 2.05) is 38.5 Å². The minimum atomic E-state index is 0.390. The lowest BCUT2D eigenvalue weighted by Crippen LogP contribution is -2.12. The van der Waals surface area contributed by atoms with Crippen molar-refractivity contribution < 1.29 is 0 Å². The van der Waals surface area contributed by atoms with E-state index >= 15 is 0 Å². The van der Waals surface area contributed by atoms with Gasteiger partial charge in [-0.15, -0.1) is 0 Å². The molecule has 0 aromatic carbocycles. The van der Waals surface area contributed by atoms with Crippen LogP contribution in [0, 0.1) is 6.92 Å². The van der Waals surface area contributed by atoms with E-state index in [2.05, 4.69) is 15.4 Å². The largest absolute Gasteiger partial charge is 0.389 e. The van der Waals surface area contributed by atoms with Crippen LogP contribution in [0.25, 0.3) is 0 Å². The lowest BCUT2D eigenvalue weighted by Gasteiger charge is -2.08. The van der Waals surface area contributed by atoms with Crippen LogP contribution < -0.4 is 11.1 Å². The number of hydrogen-bond donors (Lipinski definition) is 2. The highest BCUT2D eigenvalue weighted by Crippen LogP contribution is 2.10. The van der Waals surface area contributed by atoms with Crippen LogP contribution >= 0.6 is 12.2 Å². The standard InChI is InChI=1S/C13H17N5S/c1-9-5-11(13(14)19)6-12(17-9)15-4-3-10-7-16-18(2)8-10/h5-8H,3-4H2,1-2H3,(H2,14,19)(H,15,17). The summed E-state index contributed by atoms with van der Waals surface area (Å²) in [4.78, 5) is 4.80. The minimum absolute atomic E-state index is 0.390. The van der Waals surface area contributed by atoms with Crippen molar-refractivity contribution in [2.45, 2.75) is 13.3 Å². The Morgan fingerprint density at radius 1 is 1.47 bits per heavy atom. The first-order valence-electron chi connectivity index (χ1n) is 6.04. The Morgan fingerprint density at radius 2 is 2.26 bits per heavy atom. The number of nitrogens with one attached hydrogen (secondary N) is 1. The summed E-state index contributed by atoms with van der Waals surface area (Å²) in [6.45, 7) is 2.72. The number of thiocarbonyl (C=S) groups is 1. The topological polar surface area (TPSA) is 68.8 Å². The van der Waals surface area contributed by atoms with Gasteiger partial charge in [-0.2, -0.15) is 5.10 Å². The van der Waals surface area contributed by atoms with E-state index in [1.54, 1.807) is 4.68 Å². The summed E-state index contributed by atoms with van der Waals surface area (Å²) >= 11 is 4.98. The maximum atomic E-state index is 5.64. The first-order chi connectivity index (χ1) is 9.04. The molecule has 0 radical (unpaired) electrons. The third-order valence-electron chi connectivity index (χ3n) is 2.72. The van der Waals surface area contributed by atoms with Crippen LogP contribution in [-0.4, -0.2) is 26.3 Å². The van der Waals surface area contributed by atoms with Gasteiger partial charge in [0.2, 0.25) is 0 Å². The van der Waals surface area contributed by atoms with Crippen LogP contribution in [-0.2, 0) is 13.5 Å². The summed E-state index contributed by atoms with van der Waals surface area (Å²) in [6.07, 6.45) is 4.77. The van der Waals surface area contributed by atoms with Gasteiger partial charge in [0, 0.05) is 31.0 Å². The fourth-order valence-electron chi connectivity index (χ4n) is 1.84. The van der Waals surface area contributed by atoms with Crippen LogP contribution in [0.1, 0.15) is 16.8 Å². The molecule has 0 amide bonds. The molecule has 0 bridgehead atoms. The van der Waals surface area contributed by atoms with E-state index in [4.69, 9.17) is 18.0 Å². The summed E-state index contributed by atoms with van der Waals surface area (Å²) in [5.74, 6) is 0.798. The highest BCUT2D eigenvalue weighted by molar-refractivity contribution is 7.80. The average Bonchev–Trinajstić information content (AvgIpc) is 2.74. The van der Waals surface area contributed by atoms with Crippen LogP contribution in [0.15, 0.2) is 24.5 Å². The number of nitrogens with two attached hydrogens (primary N) is 1. The summed E-state index contributed by atoms with van der Waals surface area (Å²) < 4.78 is 1.80. The van der Waals surface area contributed by atoms with Crippen LogP contribution in [0.5, 0.6) is 0 Å². The number of aryl methyl sites for hydroxylation is 2. The van der Waals surface area contributed by atoms with Crippen LogP contribution in [0.2, 0.25) is 0 Å². The predicted octanol–water partition coefficient (Wildman–Crippen LogP) is 1.41. The van der Waals surface area contributed by atoms with Crippen LogP contribution in [0.4, 0.5) is 5.82 Å². The highest BCUT2D eigenvalue weighted by atomic mass is 32.1. The molecule has 100 valence electrons. The number of pyridine rings is 1. The van der Waals surface area contributed by atoms with E-state index in [-0.39, 0.29) is 0 Å². The lowest BCUT2D eigenvalue weighted by atomic mass is 10.2. The molecular formula is C13H17N5S. The van der Waals surface area contributed by atoms with Crippen molar-refractivity contribution >= 4 is 23.0 Å². The first-order valence-corrected chi connectivity index (χ1v) is 6.45. The molecule has 2 aromatic rings. The molecule has 3 N–H and O–H groups in total. The zero-order valence-electron chi connectivity index (χ0n) is 11.1. The molecule has 0 saturated carbocycles. The van der Waals surface area contributed by atoms with E-state index < -0.39 is 0 Å². The Balaban J connectivity index is 1.97. The van der Waals surface area contributed by atoms with Crippen LogP contribution in [0.3, 0.4) is 0 Å². The average molecular weight is 275 g/mol. The van der Waals surface area contributed by atoms with Crippen molar-refractivity contribution in [2.24, 2.45) is 12.8 Å². The molecule has 0 aliphatic heterocycles. The maximum Gasteiger partial charge on any atom is 0.126 e. The molecular weight excluding hydrogens is 258 g/mol. The molecule has 0 aliphatic carbocycles. The van der Waals surface area contributed by atoms with E-state index in [0.717, 1.165) is 30.0 Å². The molecule has 0 aliphatic rings. The summed E-state index contributed by atoms with van der Waals surface area (Å²) in [5.41, 5.74) is 8.57. The van der Waals surface area contributed by atoms with Gasteiger partial charge in [-0.25, -0.2) is 4.98 Å². The third-order valence-corrected chi connectivity index (χ3v) is 2.95. The summed E-state index contributed by atoms with van der Waals surface area (Å²) in [5, 5.41) is 7.41. The first kappa shape index (κ1) is 13.5. The highest BCUT2D eigenvalue weighted by Gasteiger charge is 2.03. The minimum Gasteiger partial charge on any atom is -0.389 e. The molecule has 2 rings (SSSR count). The molecule has 5 nitrogen and oxygen atoms in total. The smallest absolute Gasteiger partial charge is 0.126 e. The Bertz CT molecular complexity index is 590. The lowest BCUT2D eigenvalue weighted by molar-refractivity contribution is 0.767. The van der Waals surface area contributed by atoms with Crippen molar-refractivity contribution in [3.05, 3.63) is 41.3 Å². The van der Waals surface area contributed by atoms with Crippen molar-refractivity contribution in [3.63, 3.8) is 0 Å². The summed E-state index contributed by atoms with van der Waals surface area (Å²) in [6, 6.07) is 3.76. The zero-order chi connectivity index (χ0) is 13.8. The predicted molar refractivity (Wildman–Crippen MR) is 80.3 cm³/mol. The number of nitrogens with zero attached hydrogens (tertiary/aromatic N) is 3. The monoisotopic (exact) mass is 275 g/mol. The molecule has 0 unspecified atom stereocenters. The van der Waals surface area contributed by atoms with Gasteiger partial charge < -0.3 is 11.1 Å². The van der Waals surface area contributed by atoms with Gasteiger partial charge in [-0.1, -0.05) is 12.2 Å². The Hall–Kier alpha value is -1.95. The number of rotatable bonds is 5. The van der Waals surface area contributed by atoms with Gasteiger partial charge >= 0.3 is 0 Å². The van der Waals surface area contributed by atoms with Crippen molar-refractivity contribution in [3.8, 4) is 0 Å². The molecule has 2 aromatic heterocycles. The second kappa shape index (κ2) is 5.79. The van der Waals surface area contributed by atoms with Gasteiger partial charge in [0.05, 0.1) is 6.20 Å². The van der Waals surface area contributed by atoms with Crippen molar-refractivity contribution in [1.29, 1.82) is 0 Å². The molecule has 6 heteroatoms. The molecule has 2 heterocycles. The fourth-order valence-corrected chi connectivity index (χ4v) is 1.96. The second-order valence-corrected chi connectivity index (χ2v) is 4.89. The van der Waals surface area contributed by atoms with Crippen molar-refractivity contribution in [2.75, 3.05) is 11.9 Å². The fraction of sp³-hybridized carbons (Fsp3) is 0.308. The quantitative estimate of drug-likeness (QED) is 0.808. The third kappa shape index (κ3) is 3.75. The molecule has 0 atom stereocenters. The molecule has 0 saturated heterocycles. The van der Waals surface area contributed by atoms with Gasteiger partial charge in [-0.3, -0.25) is 4.68 Å². The second-order valence-electron chi connectivity index (χ2n) is 4.45. The maximum absolute atomic E-state index is 5.64. The van der Waals surface area contributed by atoms with Gasteiger partial charge in [0.25, 0.3) is 0 Å². The van der Waals surface area contributed by atoms with Crippen molar-refractivity contribution in [1.82, 2.24) is 14.8 Å². The molecule has 0 fully saturated rings. The molecule has 19 heavy (non-hydrogen) atoms. The van der Waals surface area contributed by atoms with E-state index in [9.17, 15) is 0 Å². The van der Waals surface area contributed by atoms with E-state index in [0.29, 0.717) is 4.99 Å². The van der Waals surface area contributed by atoms with Gasteiger partial charge in [0.15, 0.2) is 0 Å². The molecule has 0 spiro atoms.